The van der Waals surface area contributed by atoms with Crippen molar-refractivity contribution in [2.45, 2.75) is 18.7 Å². The van der Waals surface area contributed by atoms with Gasteiger partial charge in [-0.15, -0.1) is 0 Å². The third kappa shape index (κ3) is 3.46. The van der Waals surface area contributed by atoms with Gasteiger partial charge in [-0.2, -0.15) is 9.97 Å². The number of rotatable bonds is 5. The average molecular weight is 372 g/mol. The molecular weight excluding hydrogens is 355 g/mol. The van der Waals surface area contributed by atoms with E-state index in [0.29, 0.717) is 23.3 Å². The number of halogens is 1. The van der Waals surface area contributed by atoms with Gasteiger partial charge in [0.2, 0.25) is 17.7 Å². The zero-order valence-electron chi connectivity index (χ0n) is 14.3. The first kappa shape index (κ1) is 17.0. The number of hydrogen-bond acceptors (Lipinski definition) is 7. The monoisotopic (exact) mass is 372 g/mol. The molecule has 10 heteroatoms. The number of likely N-dealkylation sites (tertiary alicyclic amines) is 1. The Morgan fingerprint density at radius 3 is 3.19 bits per heavy atom. The van der Waals surface area contributed by atoms with Crippen LogP contribution in [-0.2, 0) is 4.79 Å². The highest BCUT2D eigenvalue weighted by Gasteiger charge is 2.33. The van der Waals surface area contributed by atoms with Crippen LogP contribution in [0.5, 0.6) is 5.88 Å². The molecule has 27 heavy (non-hydrogen) atoms. The van der Waals surface area contributed by atoms with Crippen molar-refractivity contribution in [1.82, 2.24) is 25.0 Å². The third-order valence-electron chi connectivity index (χ3n) is 4.30. The quantitative estimate of drug-likeness (QED) is 0.661. The molecule has 0 saturated carbocycles. The van der Waals surface area contributed by atoms with Crippen molar-refractivity contribution >= 4 is 28.6 Å². The summed E-state index contributed by atoms with van der Waals surface area (Å²) in [7, 11) is 0. The molecule has 1 aliphatic rings. The summed E-state index contributed by atoms with van der Waals surface area (Å²) in [5, 5.41) is 7.16. The molecule has 2 unspecified atom stereocenters. The number of carbonyl (C=O) groups is 1. The van der Waals surface area contributed by atoms with Gasteiger partial charge in [-0.3, -0.25) is 4.79 Å². The van der Waals surface area contributed by atoms with Gasteiger partial charge in [-0.25, -0.2) is 4.39 Å². The Hall–Kier alpha value is -3.43. The van der Waals surface area contributed by atoms with Crippen LogP contribution in [0, 0.1) is 0 Å². The number of aromatic nitrogens is 4. The Morgan fingerprint density at radius 1 is 1.52 bits per heavy atom. The van der Waals surface area contributed by atoms with E-state index in [4.69, 9.17) is 9.26 Å². The number of anilines is 2. The van der Waals surface area contributed by atoms with Gasteiger partial charge in [-0.1, -0.05) is 11.7 Å². The maximum atomic E-state index is 14.4. The lowest BCUT2D eigenvalue weighted by Gasteiger charge is -2.34. The second-order valence-electron chi connectivity index (χ2n) is 6.08. The first-order valence-corrected chi connectivity index (χ1v) is 8.37. The molecule has 2 atom stereocenters. The molecular formula is C17H17FN6O3. The van der Waals surface area contributed by atoms with Crippen LogP contribution in [-0.4, -0.2) is 56.3 Å². The van der Waals surface area contributed by atoms with Crippen LogP contribution in [0.15, 0.2) is 41.9 Å². The van der Waals surface area contributed by atoms with Crippen LogP contribution in [0.2, 0.25) is 0 Å². The Kier molecular flexibility index (Phi) is 4.45. The van der Waals surface area contributed by atoms with Crippen molar-refractivity contribution in [3.8, 4) is 5.88 Å². The number of H-pyrrole nitrogens is 1. The number of nitrogens with zero attached hydrogens (tertiary/aromatic N) is 4. The van der Waals surface area contributed by atoms with E-state index in [2.05, 4.69) is 32.0 Å². The molecule has 0 bridgehead atoms. The SMILES string of the molecule is C=CC(=O)N1CCC(F)C(Oc2nc(Nc3cnoc3)nc3[nH]ccc23)C1. The van der Waals surface area contributed by atoms with Crippen molar-refractivity contribution in [2.75, 3.05) is 18.4 Å². The molecule has 140 valence electrons. The molecule has 4 rings (SSSR count). The largest absolute Gasteiger partial charge is 0.469 e. The number of piperidine rings is 1. The topological polar surface area (TPSA) is 109 Å². The Labute approximate surface area is 153 Å². The van der Waals surface area contributed by atoms with Crippen LogP contribution in [0.25, 0.3) is 11.0 Å². The lowest BCUT2D eigenvalue weighted by Crippen LogP contribution is -2.49. The van der Waals surface area contributed by atoms with Crippen molar-refractivity contribution in [1.29, 1.82) is 0 Å². The standard InChI is InChI=1S/C17H17FN6O3/c1-2-14(25)24-6-4-12(18)13(8-24)27-16-11-3-5-19-15(11)22-17(23-16)21-10-7-20-26-9-10/h2-3,5,7,9,12-13H,1,4,6,8H2,(H2,19,21,22,23). The normalized spacial score (nSPS) is 19.8. The van der Waals surface area contributed by atoms with Crippen LogP contribution >= 0.6 is 0 Å². The van der Waals surface area contributed by atoms with Crippen molar-refractivity contribution < 1.29 is 18.4 Å². The summed E-state index contributed by atoms with van der Waals surface area (Å²) in [6.07, 6.45) is 3.93. The van der Waals surface area contributed by atoms with E-state index in [1.54, 1.807) is 12.3 Å². The fraction of sp³-hybridized carbons (Fsp3) is 0.294. The number of alkyl halides is 1. The number of carbonyl (C=O) groups excluding carboxylic acids is 1. The van der Waals surface area contributed by atoms with Gasteiger partial charge in [-0.05, 0) is 18.6 Å². The minimum absolute atomic E-state index is 0.121. The zero-order valence-corrected chi connectivity index (χ0v) is 14.3. The first-order chi connectivity index (χ1) is 13.1. The molecule has 0 aromatic carbocycles. The molecule has 3 aromatic heterocycles. The second kappa shape index (κ2) is 7.06. The van der Waals surface area contributed by atoms with Gasteiger partial charge < -0.3 is 24.5 Å². The van der Waals surface area contributed by atoms with Crippen LogP contribution in [0.4, 0.5) is 16.0 Å². The number of nitrogens with one attached hydrogen (secondary N) is 2. The minimum atomic E-state index is -1.21. The molecule has 0 radical (unpaired) electrons. The van der Waals surface area contributed by atoms with E-state index in [9.17, 15) is 9.18 Å². The molecule has 0 aliphatic carbocycles. The summed E-state index contributed by atoms with van der Waals surface area (Å²) < 4.78 is 25.1. The first-order valence-electron chi connectivity index (χ1n) is 8.37. The summed E-state index contributed by atoms with van der Waals surface area (Å²) in [6, 6.07) is 1.75. The van der Waals surface area contributed by atoms with E-state index >= 15 is 0 Å². The highest BCUT2D eigenvalue weighted by molar-refractivity contribution is 5.87. The molecule has 3 aromatic rings. The van der Waals surface area contributed by atoms with E-state index in [1.165, 1.54) is 23.4 Å². The summed E-state index contributed by atoms with van der Waals surface area (Å²) in [5.74, 6) is 0.217. The Bertz CT molecular complexity index is 957. The average Bonchev–Trinajstić information content (AvgIpc) is 3.34. The van der Waals surface area contributed by atoms with E-state index < -0.39 is 12.3 Å². The highest BCUT2D eigenvalue weighted by atomic mass is 19.1. The van der Waals surface area contributed by atoms with E-state index in [1.807, 2.05) is 0 Å². The Balaban J connectivity index is 1.61. The maximum absolute atomic E-state index is 14.4. The van der Waals surface area contributed by atoms with Crippen molar-refractivity contribution in [3.63, 3.8) is 0 Å². The van der Waals surface area contributed by atoms with E-state index in [-0.39, 0.29) is 30.7 Å². The summed E-state index contributed by atoms with van der Waals surface area (Å²) in [6.45, 7) is 3.92. The fourth-order valence-corrected chi connectivity index (χ4v) is 2.93. The molecule has 4 heterocycles. The predicted molar refractivity (Wildman–Crippen MR) is 94.4 cm³/mol. The molecule has 1 fully saturated rings. The van der Waals surface area contributed by atoms with E-state index in [0.717, 1.165) is 0 Å². The van der Waals surface area contributed by atoms with Gasteiger partial charge in [0, 0.05) is 12.7 Å². The molecule has 1 amide bonds. The molecule has 1 aliphatic heterocycles. The highest BCUT2D eigenvalue weighted by Crippen LogP contribution is 2.28. The zero-order chi connectivity index (χ0) is 18.8. The number of amides is 1. The van der Waals surface area contributed by atoms with Crippen LogP contribution in [0.3, 0.4) is 0 Å². The Morgan fingerprint density at radius 2 is 2.41 bits per heavy atom. The van der Waals surface area contributed by atoms with Gasteiger partial charge in [0.15, 0.2) is 0 Å². The maximum Gasteiger partial charge on any atom is 0.246 e. The lowest BCUT2D eigenvalue weighted by atomic mass is 10.1. The van der Waals surface area contributed by atoms with Gasteiger partial charge >= 0.3 is 0 Å². The number of hydrogen-bond donors (Lipinski definition) is 2. The molecule has 2 N–H and O–H groups in total. The van der Waals surface area contributed by atoms with Crippen LogP contribution < -0.4 is 10.1 Å². The summed E-state index contributed by atoms with van der Waals surface area (Å²) in [5.41, 5.74) is 1.10. The summed E-state index contributed by atoms with van der Waals surface area (Å²) in [4.78, 5) is 25.0. The second-order valence-corrected chi connectivity index (χ2v) is 6.08. The van der Waals surface area contributed by atoms with Gasteiger partial charge in [0.05, 0.1) is 18.1 Å². The molecule has 9 nitrogen and oxygen atoms in total. The van der Waals surface area contributed by atoms with Crippen molar-refractivity contribution in [2.24, 2.45) is 0 Å². The van der Waals surface area contributed by atoms with Crippen molar-refractivity contribution in [3.05, 3.63) is 37.4 Å². The predicted octanol–water partition coefficient (Wildman–Crippen LogP) is 2.19. The smallest absolute Gasteiger partial charge is 0.246 e. The lowest BCUT2D eigenvalue weighted by molar-refractivity contribution is -0.130. The third-order valence-corrected chi connectivity index (χ3v) is 4.30. The number of fused-ring (bicyclic) bond motifs is 1. The number of aromatic amines is 1. The van der Waals surface area contributed by atoms with Gasteiger partial charge in [0.25, 0.3) is 0 Å². The molecule has 0 spiro atoms. The number of ether oxygens (including phenoxy) is 1. The van der Waals surface area contributed by atoms with Gasteiger partial charge in [0.1, 0.15) is 29.9 Å². The van der Waals surface area contributed by atoms with Crippen LogP contribution in [0.1, 0.15) is 6.42 Å². The summed E-state index contributed by atoms with van der Waals surface area (Å²) >= 11 is 0. The molecule has 1 saturated heterocycles. The minimum Gasteiger partial charge on any atom is -0.469 e. The fourth-order valence-electron chi connectivity index (χ4n) is 2.93.